The molecule has 0 saturated heterocycles. The van der Waals surface area contributed by atoms with Gasteiger partial charge in [0.2, 0.25) is 0 Å². The van der Waals surface area contributed by atoms with E-state index in [-0.39, 0.29) is 5.92 Å². The van der Waals surface area contributed by atoms with Gasteiger partial charge in [-0.3, -0.25) is 0 Å². The molecule has 82 valence electrons. The largest absolute Gasteiger partial charge is 0.197 e. The van der Waals surface area contributed by atoms with Gasteiger partial charge in [-0.1, -0.05) is 48.6 Å². The van der Waals surface area contributed by atoms with Crippen LogP contribution in [0.15, 0.2) is 54.1 Å². The first-order valence-electron chi connectivity index (χ1n) is 5.57. The Bertz CT molecular complexity index is 512. The summed E-state index contributed by atoms with van der Waals surface area (Å²) in [5.41, 5.74) is 2.10. The molecule has 0 aromatic heterocycles. The molecule has 17 heavy (non-hydrogen) atoms. The number of nitrogens with zero attached hydrogens (tertiary/aromatic N) is 2. The van der Waals surface area contributed by atoms with Crippen molar-refractivity contribution in [3.63, 3.8) is 0 Å². The molecule has 0 amide bonds. The first-order chi connectivity index (χ1) is 8.36. The van der Waals surface area contributed by atoms with Gasteiger partial charge in [0.25, 0.3) is 0 Å². The van der Waals surface area contributed by atoms with Crippen LogP contribution in [0.2, 0.25) is 0 Å². The Morgan fingerprint density at radius 1 is 1.06 bits per heavy atom. The highest BCUT2D eigenvalue weighted by molar-refractivity contribution is 5.41. The van der Waals surface area contributed by atoms with Crippen molar-refractivity contribution in [1.82, 2.24) is 0 Å². The van der Waals surface area contributed by atoms with E-state index in [4.69, 9.17) is 10.5 Å². The number of nitriles is 2. The average Bonchev–Trinajstić information content (AvgIpc) is 2.90. The minimum atomic E-state index is -0.633. The van der Waals surface area contributed by atoms with E-state index in [1.165, 1.54) is 0 Å². The smallest absolute Gasteiger partial charge is 0.144 e. The van der Waals surface area contributed by atoms with E-state index in [0.717, 1.165) is 17.6 Å². The topological polar surface area (TPSA) is 47.6 Å². The van der Waals surface area contributed by atoms with Crippen molar-refractivity contribution < 1.29 is 0 Å². The van der Waals surface area contributed by atoms with Crippen LogP contribution in [-0.2, 0) is 0 Å². The van der Waals surface area contributed by atoms with Gasteiger partial charge in [0.1, 0.15) is 5.92 Å². The summed E-state index contributed by atoms with van der Waals surface area (Å²) in [7, 11) is 0. The summed E-state index contributed by atoms with van der Waals surface area (Å²) in [6.07, 6.45) is 7.04. The molecule has 1 atom stereocenters. The first kappa shape index (κ1) is 11.2. The monoisotopic (exact) mass is 220 g/mol. The lowest BCUT2D eigenvalue weighted by Crippen LogP contribution is -2.11. The Labute approximate surface area is 101 Å². The molecule has 1 aromatic rings. The summed E-state index contributed by atoms with van der Waals surface area (Å²) >= 11 is 0. The second-order valence-electron chi connectivity index (χ2n) is 3.97. The molecule has 2 heteroatoms. The predicted molar refractivity (Wildman–Crippen MR) is 65.7 cm³/mol. The molecule has 2 rings (SSSR count). The maximum absolute atomic E-state index is 9.09. The van der Waals surface area contributed by atoms with E-state index in [1.807, 2.05) is 36.4 Å². The number of hydrogen-bond acceptors (Lipinski definition) is 2. The zero-order valence-electron chi connectivity index (χ0n) is 9.38. The zero-order chi connectivity index (χ0) is 12.1. The summed E-state index contributed by atoms with van der Waals surface area (Å²) in [6, 6.07) is 13.9. The Morgan fingerprint density at radius 3 is 2.29 bits per heavy atom. The Kier molecular flexibility index (Phi) is 3.38. The second kappa shape index (κ2) is 5.14. The quantitative estimate of drug-likeness (QED) is 0.784. The number of benzene rings is 1. The second-order valence-corrected chi connectivity index (χ2v) is 3.97. The summed E-state index contributed by atoms with van der Waals surface area (Å²) in [5, 5.41) is 18.2. The van der Waals surface area contributed by atoms with Gasteiger partial charge in [0.15, 0.2) is 0 Å². The standard InChI is InChI=1S/C15H12N2/c16-10-14(11-17)15(13-8-4-5-9-13)12-6-2-1-3-7-12/h1-4,6-9,14-15H,5H2. The Hall–Kier alpha value is -2.32. The van der Waals surface area contributed by atoms with Crippen LogP contribution >= 0.6 is 0 Å². The minimum Gasteiger partial charge on any atom is -0.197 e. The number of rotatable bonds is 3. The van der Waals surface area contributed by atoms with Gasteiger partial charge in [0.05, 0.1) is 12.1 Å². The molecule has 0 fully saturated rings. The van der Waals surface area contributed by atoms with E-state index in [2.05, 4.69) is 24.3 Å². The van der Waals surface area contributed by atoms with Gasteiger partial charge in [0, 0.05) is 5.92 Å². The van der Waals surface area contributed by atoms with Crippen molar-refractivity contribution in [2.24, 2.45) is 5.92 Å². The summed E-state index contributed by atoms with van der Waals surface area (Å²) in [5.74, 6) is -0.767. The van der Waals surface area contributed by atoms with E-state index in [9.17, 15) is 0 Å². The Balaban J connectivity index is 2.42. The van der Waals surface area contributed by atoms with Crippen LogP contribution in [0.3, 0.4) is 0 Å². The maximum atomic E-state index is 9.09. The van der Waals surface area contributed by atoms with E-state index in [0.29, 0.717) is 0 Å². The predicted octanol–water partition coefficient (Wildman–Crippen LogP) is 3.32. The van der Waals surface area contributed by atoms with Gasteiger partial charge in [-0.25, -0.2) is 0 Å². The zero-order valence-corrected chi connectivity index (χ0v) is 9.38. The third-order valence-electron chi connectivity index (χ3n) is 2.93. The molecule has 1 aliphatic carbocycles. The van der Waals surface area contributed by atoms with E-state index >= 15 is 0 Å². The molecule has 1 aromatic carbocycles. The molecule has 2 nitrogen and oxygen atoms in total. The molecule has 0 saturated carbocycles. The lowest BCUT2D eigenvalue weighted by molar-refractivity contribution is 0.709. The van der Waals surface area contributed by atoms with Gasteiger partial charge >= 0.3 is 0 Å². The van der Waals surface area contributed by atoms with Crippen LogP contribution in [0.4, 0.5) is 0 Å². The van der Waals surface area contributed by atoms with Crippen LogP contribution in [0, 0.1) is 28.6 Å². The maximum Gasteiger partial charge on any atom is 0.144 e. The van der Waals surface area contributed by atoms with Gasteiger partial charge in [-0.2, -0.15) is 10.5 Å². The van der Waals surface area contributed by atoms with Crippen LogP contribution < -0.4 is 0 Å². The molecule has 0 spiro atoms. The highest BCUT2D eigenvalue weighted by Gasteiger charge is 2.26. The minimum absolute atomic E-state index is 0.134. The summed E-state index contributed by atoms with van der Waals surface area (Å²) in [4.78, 5) is 0. The molecule has 1 aliphatic rings. The van der Waals surface area contributed by atoms with Crippen LogP contribution in [-0.4, -0.2) is 0 Å². The molecular formula is C15H12N2. The fraction of sp³-hybridized carbons (Fsp3) is 0.200. The fourth-order valence-electron chi connectivity index (χ4n) is 2.12. The lowest BCUT2D eigenvalue weighted by Gasteiger charge is -2.18. The molecule has 1 unspecified atom stereocenters. The molecule has 0 N–H and O–H groups in total. The highest BCUT2D eigenvalue weighted by Crippen LogP contribution is 2.34. The van der Waals surface area contributed by atoms with Crippen molar-refractivity contribution in [1.29, 1.82) is 10.5 Å². The third kappa shape index (κ3) is 2.27. The van der Waals surface area contributed by atoms with E-state index in [1.54, 1.807) is 0 Å². The molecule has 0 heterocycles. The highest BCUT2D eigenvalue weighted by atomic mass is 14.4. The molecule has 0 radical (unpaired) electrons. The van der Waals surface area contributed by atoms with Crippen LogP contribution in [0.5, 0.6) is 0 Å². The SMILES string of the molecule is N#CC(C#N)C(C1=CCC=C1)c1ccccc1. The van der Waals surface area contributed by atoms with Gasteiger partial charge in [-0.15, -0.1) is 0 Å². The Morgan fingerprint density at radius 2 is 1.76 bits per heavy atom. The molecule has 0 aliphatic heterocycles. The lowest BCUT2D eigenvalue weighted by atomic mass is 9.82. The van der Waals surface area contributed by atoms with Gasteiger partial charge in [-0.05, 0) is 17.6 Å². The van der Waals surface area contributed by atoms with Crippen LogP contribution in [0.25, 0.3) is 0 Å². The number of allylic oxidation sites excluding steroid dienone is 4. The fourth-order valence-corrected chi connectivity index (χ4v) is 2.12. The van der Waals surface area contributed by atoms with Crippen LogP contribution in [0.1, 0.15) is 17.9 Å². The molecule has 0 bridgehead atoms. The number of hydrogen-bond donors (Lipinski definition) is 0. The first-order valence-corrected chi connectivity index (χ1v) is 5.57. The van der Waals surface area contributed by atoms with Crippen molar-refractivity contribution in [3.05, 3.63) is 59.7 Å². The molecular weight excluding hydrogens is 208 g/mol. The summed E-state index contributed by atoms with van der Waals surface area (Å²) in [6.45, 7) is 0. The third-order valence-corrected chi connectivity index (χ3v) is 2.93. The van der Waals surface area contributed by atoms with Crippen molar-refractivity contribution in [3.8, 4) is 12.1 Å². The van der Waals surface area contributed by atoms with Crippen molar-refractivity contribution >= 4 is 0 Å². The van der Waals surface area contributed by atoms with E-state index < -0.39 is 5.92 Å². The normalized spacial score (nSPS) is 15.1. The average molecular weight is 220 g/mol. The van der Waals surface area contributed by atoms with Crippen molar-refractivity contribution in [2.75, 3.05) is 0 Å². The van der Waals surface area contributed by atoms with Gasteiger partial charge < -0.3 is 0 Å². The van der Waals surface area contributed by atoms with Crippen molar-refractivity contribution in [2.45, 2.75) is 12.3 Å². The summed E-state index contributed by atoms with van der Waals surface area (Å²) < 4.78 is 0.